The normalized spacial score (nSPS) is 22.2. The number of likely N-dealkylation sites (tertiary alicyclic amines) is 1. The first kappa shape index (κ1) is 12.6. The molecule has 1 aromatic heterocycles. The van der Waals surface area contributed by atoms with E-state index in [1.807, 2.05) is 6.92 Å². The van der Waals surface area contributed by atoms with E-state index in [2.05, 4.69) is 10.3 Å². The zero-order valence-corrected chi connectivity index (χ0v) is 11.8. The van der Waals surface area contributed by atoms with Crippen molar-refractivity contribution in [2.24, 2.45) is 0 Å². The van der Waals surface area contributed by atoms with Gasteiger partial charge in [-0.2, -0.15) is 0 Å². The number of nitrogens with one attached hydrogen (secondary N) is 1. The summed E-state index contributed by atoms with van der Waals surface area (Å²) in [6.07, 6.45) is 4.36. The molecular weight excluding hydrogens is 262 g/mol. The molecule has 1 aliphatic heterocycles. The topological polar surface area (TPSA) is 62.3 Å². The van der Waals surface area contributed by atoms with Gasteiger partial charge in [0.2, 0.25) is 5.91 Å². The number of hydrogen-bond donors (Lipinski definition) is 1. The highest BCUT2D eigenvalue weighted by atomic mass is 32.1. The fourth-order valence-electron chi connectivity index (χ4n) is 2.66. The van der Waals surface area contributed by atoms with Crippen molar-refractivity contribution < 1.29 is 9.59 Å². The number of anilines is 1. The first-order valence-electron chi connectivity index (χ1n) is 6.78. The van der Waals surface area contributed by atoms with Crippen molar-refractivity contribution >= 4 is 28.3 Å². The Balaban J connectivity index is 1.70. The predicted molar refractivity (Wildman–Crippen MR) is 73.2 cm³/mol. The summed E-state index contributed by atoms with van der Waals surface area (Å²) >= 11 is 1.62. The number of aromatic nitrogens is 1. The van der Waals surface area contributed by atoms with E-state index in [1.165, 1.54) is 16.2 Å². The summed E-state index contributed by atoms with van der Waals surface area (Å²) in [5.74, 6) is -0.185. The highest BCUT2D eigenvalue weighted by Crippen LogP contribution is 2.31. The number of imide groups is 1. The molecule has 0 radical (unpaired) electrons. The van der Waals surface area contributed by atoms with Crippen LogP contribution in [0.5, 0.6) is 0 Å². The molecule has 1 saturated heterocycles. The zero-order valence-electron chi connectivity index (χ0n) is 10.9. The van der Waals surface area contributed by atoms with Gasteiger partial charge in [0.05, 0.1) is 12.1 Å². The Bertz CT molecular complexity index is 504. The predicted octanol–water partition coefficient (Wildman–Crippen LogP) is 1.58. The van der Waals surface area contributed by atoms with Crippen LogP contribution in [0.15, 0.2) is 0 Å². The molecule has 0 bridgehead atoms. The van der Waals surface area contributed by atoms with Gasteiger partial charge in [0.1, 0.15) is 6.04 Å². The van der Waals surface area contributed by atoms with E-state index in [4.69, 9.17) is 0 Å². The molecule has 1 aliphatic carbocycles. The van der Waals surface area contributed by atoms with Crippen molar-refractivity contribution in [3.63, 3.8) is 0 Å². The Morgan fingerprint density at radius 3 is 3.00 bits per heavy atom. The van der Waals surface area contributed by atoms with Crippen LogP contribution in [0.4, 0.5) is 5.13 Å². The van der Waals surface area contributed by atoms with E-state index in [0.717, 1.165) is 30.1 Å². The summed E-state index contributed by atoms with van der Waals surface area (Å²) in [6, 6.07) is -0.426. The summed E-state index contributed by atoms with van der Waals surface area (Å²) in [5.41, 5.74) is 1.16. The monoisotopic (exact) mass is 279 g/mol. The SMILES string of the molecule is CCCN1C(=O)CC(Nc2nc3c(s2)CCC3)C1=O. The molecule has 2 amide bonds. The minimum absolute atomic E-state index is 0.0755. The molecule has 0 spiro atoms. The third kappa shape index (κ3) is 2.25. The van der Waals surface area contributed by atoms with Crippen LogP contribution in [0.3, 0.4) is 0 Å². The van der Waals surface area contributed by atoms with Crippen LogP contribution in [0.25, 0.3) is 0 Å². The van der Waals surface area contributed by atoms with Crippen LogP contribution in [-0.2, 0) is 22.4 Å². The van der Waals surface area contributed by atoms with Gasteiger partial charge in [-0.05, 0) is 25.7 Å². The minimum atomic E-state index is -0.426. The second kappa shape index (κ2) is 4.92. The van der Waals surface area contributed by atoms with Crippen LogP contribution in [-0.4, -0.2) is 34.3 Å². The van der Waals surface area contributed by atoms with Crippen molar-refractivity contribution in [1.82, 2.24) is 9.88 Å². The molecular formula is C13H17N3O2S. The number of hydrogen-bond acceptors (Lipinski definition) is 5. The number of aryl methyl sites for hydroxylation is 2. The largest absolute Gasteiger partial charge is 0.349 e. The highest BCUT2D eigenvalue weighted by molar-refractivity contribution is 7.15. The fraction of sp³-hybridized carbons (Fsp3) is 0.615. The minimum Gasteiger partial charge on any atom is -0.349 e. The van der Waals surface area contributed by atoms with Crippen LogP contribution < -0.4 is 5.32 Å². The average molecular weight is 279 g/mol. The summed E-state index contributed by atoms with van der Waals surface area (Å²) in [4.78, 5) is 31.1. The van der Waals surface area contributed by atoms with Crippen molar-refractivity contribution in [3.8, 4) is 0 Å². The maximum atomic E-state index is 12.1. The molecule has 2 heterocycles. The lowest BCUT2D eigenvalue weighted by Gasteiger charge is -2.13. The summed E-state index contributed by atoms with van der Waals surface area (Å²) in [5, 5.41) is 3.92. The lowest BCUT2D eigenvalue weighted by molar-refractivity contribution is -0.138. The van der Waals surface area contributed by atoms with Crippen LogP contribution in [0.2, 0.25) is 0 Å². The highest BCUT2D eigenvalue weighted by Gasteiger charge is 2.38. The Labute approximate surface area is 116 Å². The molecule has 0 aromatic carbocycles. The smallest absolute Gasteiger partial charge is 0.252 e. The molecule has 1 aromatic rings. The first-order chi connectivity index (χ1) is 9.19. The molecule has 19 heavy (non-hydrogen) atoms. The standard InChI is InChI=1S/C13H17N3O2S/c1-2-6-16-11(17)7-9(12(16)18)15-13-14-8-4-3-5-10(8)19-13/h9H,2-7H2,1H3,(H,14,15). The van der Waals surface area contributed by atoms with Crippen molar-refractivity contribution in [2.75, 3.05) is 11.9 Å². The first-order valence-corrected chi connectivity index (χ1v) is 7.60. The van der Waals surface area contributed by atoms with E-state index >= 15 is 0 Å². The average Bonchev–Trinajstić information content (AvgIpc) is 3.00. The number of rotatable bonds is 4. The Kier molecular flexibility index (Phi) is 3.26. The summed E-state index contributed by atoms with van der Waals surface area (Å²) in [7, 11) is 0. The molecule has 2 aliphatic rings. The Morgan fingerprint density at radius 1 is 1.42 bits per heavy atom. The third-order valence-corrected chi connectivity index (χ3v) is 4.67. The van der Waals surface area contributed by atoms with E-state index in [1.54, 1.807) is 11.3 Å². The molecule has 1 unspecified atom stereocenters. The summed E-state index contributed by atoms with van der Waals surface area (Å²) in [6.45, 7) is 2.48. The molecule has 5 nitrogen and oxygen atoms in total. The van der Waals surface area contributed by atoms with Crippen molar-refractivity contribution in [3.05, 3.63) is 10.6 Å². The van der Waals surface area contributed by atoms with Gasteiger partial charge in [-0.15, -0.1) is 11.3 Å². The van der Waals surface area contributed by atoms with Gasteiger partial charge in [-0.1, -0.05) is 6.92 Å². The van der Waals surface area contributed by atoms with E-state index in [0.29, 0.717) is 6.54 Å². The molecule has 3 rings (SSSR count). The maximum absolute atomic E-state index is 12.1. The lowest BCUT2D eigenvalue weighted by atomic mass is 10.2. The molecule has 6 heteroatoms. The lowest BCUT2D eigenvalue weighted by Crippen LogP contribution is -2.35. The molecule has 0 saturated carbocycles. The second-order valence-corrected chi connectivity index (χ2v) is 6.11. The third-order valence-electron chi connectivity index (χ3n) is 3.58. The Morgan fingerprint density at radius 2 is 2.26 bits per heavy atom. The second-order valence-electron chi connectivity index (χ2n) is 5.03. The Hall–Kier alpha value is -1.43. The molecule has 1 N–H and O–H groups in total. The van der Waals surface area contributed by atoms with E-state index < -0.39 is 6.04 Å². The van der Waals surface area contributed by atoms with E-state index in [-0.39, 0.29) is 18.2 Å². The van der Waals surface area contributed by atoms with Crippen LogP contribution in [0.1, 0.15) is 36.8 Å². The van der Waals surface area contributed by atoms with Gasteiger partial charge in [-0.3, -0.25) is 14.5 Å². The maximum Gasteiger partial charge on any atom is 0.252 e. The number of thiazole rings is 1. The molecule has 102 valence electrons. The number of fused-ring (bicyclic) bond motifs is 1. The number of carbonyl (C=O) groups is 2. The summed E-state index contributed by atoms with van der Waals surface area (Å²) < 4.78 is 0. The van der Waals surface area contributed by atoms with Gasteiger partial charge in [0.15, 0.2) is 5.13 Å². The molecule has 1 fully saturated rings. The zero-order chi connectivity index (χ0) is 13.4. The van der Waals surface area contributed by atoms with Gasteiger partial charge in [-0.25, -0.2) is 4.98 Å². The van der Waals surface area contributed by atoms with E-state index in [9.17, 15) is 9.59 Å². The fourth-order valence-corrected chi connectivity index (χ4v) is 3.76. The van der Waals surface area contributed by atoms with Gasteiger partial charge in [0.25, 0.3) is 5.91 Å². The van der Waals surface area contributed by atoms with Crippen molar-refractivity contribution in [2.45, 2.75) is 45.1 Å². The number of amides is 2. The van der Waals surface area contributed by atoms with Crippen molar-refractivity contribution in [1.29, 1.82) is 0 Å². The number of nitrogens with zero attached hydrogens (tertiary/aromatic N) is 2. The quantitative estimate of drug-likeness (QED) is 0.850. The van der Waals surface area contributed by atoms with Gasteiger partial charge < -0.3 is 5.32 Å². The van der Waals surface area contributed by atoms with Crippen LogP contribution in [0, 0.1) is 0 Å². The number of carbonyl (C=O) groups excluding carboxylic acids is 2. The molecule has 1 atom stereocenters. The van der Waals surface area contributed by atoms with Crippen LogP contribution >= 0.6 is 11.3 Å². The van der Waals surface area contributed by atoms with Gasteiger partial charge >= 0.3 is 0 Å². The van der Waals surface area contributed by atoms with Gasteiger partial charge in [0, 0.05) is 11.4 Å².